The van der Waals surface area contributed by atoms with Crippen molar-refractivity contribution in [3.63, 3.8) is 0 Å². The number of unbranched alkanes of at least 4 members (excludes halogenated alkanes) is 3. The van der Waals surface area contributed by atoms with Gasteiger partial charge in [0.15, 0.2) is 23.0 Å². The van der Waals surface area contributed by atoms with Crippen molar-refractivity contribution in [2.75, 3.05) is 5.75 Å². The number of hydrogen-bond donors (Lipinski definition) is 5. The van der Waals surface area contributed by atoms with Gasteiger partial charge in [0.05, 0.1) is 4.87 Å². The molecule has 30 heavy (non-hydrogen) atoms. The predicted octanol–water partition coefficient (Wildman–Crippen LogP) is 5.14. The van der Waals surface area contributed by atoms with Crippen LogP contribution in [0.2, 0.25) is 0 Å². The third-order valence-corrected chi connectivity index (χ3v) is 7.61. The van der Waals surface area contributed by atoms with Gasteiger partial charge in [0.2, 0.25) is 0 Å². The van der Waals surface area contributed by atoms with Gasteiger partial charge in [-0.3, -0.25) is 0 Å². The third kappa shape index (κ3) is 4.98. The number of aryl methyl sites for hydroxylation is 1. The number of fused-ring (bicyclic) bond motifs is 1. The molecule has 0 saturated heterocycles. The van der Waals surface area contributed by atoms with Gasteiger partial charge in [0.25, 0.3) is 0 Å². The van der Waals surface area contributed by atoms with Crippen molar-refractivity contribution in [2.45, 2.75) is 69.1 Å². The molecule has 3 rings (SSSR count). The summed E-state index contributed by atoms with van der Waals surface area (Å²) in [5.41, 5.74) is 9.82. The summed E-state index contributed by atoms with van der Waals surface area (Å²) < 4.78 is 0. The fourth-order valence-electron chi connectivity index (χ4n) is 4.42. The second-order valence-corrected chi connectivity index (χ2v) is 9.74. The molecule has 0 aliphatic heterocycles. The predicted molar refractivity (Wildman–Crippen MR) is 122 cm³/mol. The molecule has 0 bridgehead atoms. The van der Waals surface area contributed by atoms with Gasteiger partial charge in [0.1, 0.15) is 0 Å². The topological polar surface area (TPSA) is 107 Å². The number of hydrogen-bond acceptors (Lipinski definition) is 6. The van der Waals surface area contributed by atoms with Gasteiger partial charge >= 0.3 is 0 Å². The number of phenols is 4. The normalized spacial score (nSPS) is 20.8. The van der Waals surface area contributed by atoms with Crippen LogP contribution in [0.4, 0.5) is 0 Å². The molecule has 0 heterocycles. The number of phenolic OH excluding ortho intramolecular Hbond substituents is 4. The third-order valence-electron chi connectivity index (χ3n) is 6.18. The van der Waals surface area contributed by atoms with Gasteiger partial charge < -0.3 is 26.2 Å². The Bertz CT molecular complexity index is 873. The smallest absolute Gasteiger partial charge is 0.160 e. The molecule has 0 fully saturated rings. The fourth-order valence-corrected chi connectivity index (χ4v) is 5.83. The molecule has 0 radical (unpaired) electrons. The molecule has 6 heteroatoms. The van der Waals surface area contributed by atoms with Crippen LogP contribution in [-0.2, 0) is 12.8 Å². The van der Waals surface area contributed by atoms with E-state index in [1.807, 2.05) is 12.1 Å². The van der Waals surface area contributed by atoms with Crippen LogP contribution in [0.3, 0.4) is 0 Å². The van der Waals surface area contributed by atoms with Crippen LogP contribution in [-0.4, -0.2) is 31.0 Å². The minimum atomic E-state index is -0.443. The Kier molecular flexibility index (Phi) is 7.42. The van der Waals surface area contributed by atoms with E-state index in [9.17, 15) is 20.4 Å². The molecule has 0 spiro atoms. The van der Waals surface area contributed by atoms with Crippen LogP contribution < -0.4 is 5.73 Å². The lowest BCUT2D eigenvalue weighted by Crippen LogP contribution is -2.46. The van der Waals surface area contributed by atoms with E-state index in [0.29, 0.717) is 6.42 Å². The van der Waals surface area contributed by atoms with Crippen LogP contribution >= 0.6 is 11.8 Å². The first-order valence-corrected chi connectivity index (χ1v) is 11.8. The average Bonchev–Trinajstić information content (AvgIpc) is 2.72. The van der Waals surface area contributed by atoms with Crippen LogP contribution in [0.5, 0.6) is 23.0 Å². The van der Waals surface area contributed by atoms with Gasteiger partial charge in [-0.05, 0) is 60.8 Å². The van der Waals surface area contributed by atoms with Gasteiger partial charge in [-0.2, -0.15) is 0 Å². The first-order valence-electron chi connectivity index (χ1n) is 10.8. The summed E-state index contributed by atoms with van der Waals surface area (Å²) >= 11 is 1.74. The Hall–Kier alpha value is -2.05. The maximum absolute atomic E-state index is 10.4. The van der Waals surface area contributed by atoms with Crippen molar-refractivity contribution in [3.8, 4) is 23.0 Å². The molecule has 0 aromatic heterocycles. The monoisotopic (exact) mass is 431 g/mol. The summed E-state index contributed by atoms with van der Waals surface area (Å²) in [7, 11) is 0. The summed E-state index contributed by atoms with van der Waals surface area (Å²) in [5.74, 6) is 0.630. The lowest BCUT2D eigenvalue weighted by atomic mass is 9.76. The molecule has 0 amide bonds. The molecular weight excluding hydrogens is 398 g/mol. The largest absolute Gasteiger partial charge is 0.504 e. The number of rotatable bonds is 9. The Labute approximate surface area is 183 Å². The van der Waals surface area contributed by atoms with Gasteiger partial charge in [-0.1, -0.05) is 44.7 Å². The minimum Gasteiger partial charge on any atom is -0.504 e. The standard InChI is InChI=1S/C24H33NO4S/c1-2-3-4-5-6-19-17-8-10-21(27)23(29)18(17)11-13-24(19,25)30-14-12-16-7-9-20(26)22(28)15-16/h7-10,15,19,26-29H,2-6,11-14,25H2,1H3. The molecule has 1 aliphatic carbocycles. The number of nitrogens with two attached hydrogens (primary N) is 1. The molecule has 1 aliphatic rings. The van der Waals surface area contributed by atoms with E-state index in [1.54, 1.807) is 23.9 Å². The van der Waals surface area contributed by atoms with E-state index < -0.39 is 4.87 Å². The Balaban J connectivity index is 1.75. The van der Waals surface area contributed by atoms with Gasteiger partial charge in [-0.15, -0.1) is 11.8 Å². The van der Waals surface area contributed by atoms with E-state index in [2.05, 4.69) is 6.92 Å². The maximum Gasteiger partial charge on any atom is 0.160 e. The molecule has 2 aromatic rings. The lowest BCUT2D eigenvalue weighted by molar-refractivity contribution is 0.367. The Morgan fingerprint density at radius 3 is 2.50 bits per heavy atom. The summed E-state index contributed by atoms with van der Waals surface area (Å²) in [4.78, 5) is -0.443. The molecule has 164 valence electrons. The first kappa shape index (κ1) is 22.6. The van der Waals surface area contributed by atoms with E-state index >= 15 is 0 Å². The van der Waals surface area contributed by atoms with Crippen LogP contribution in [0.25, 0.3) is 0 Å². The van der Waals surface area contributed by atoms with Crippen LogP contribution in [0, 0.1) is 0 Å². The van der Waals surface area contributed by atoms with E-state index in [1.165, 1.54) is 25.3 Å². The van der Waals surface area contributed by atoms with Crippen molar-refractivity contribution in [1.29, 1.82) is 0 Å². The zero-order valence-corrected chi connectivity index (χ0v) is 18.4. The van der Waals surface area contributed by atoms with E-state index in [4.69, 9.17) is 5.73 Å². The molecule has 5 nitrogen and oxygen atoms in total. The average molecular weight is 432 g/mol. The highest BCUT2D eigenvalue weighted by atomic mass is 32.2. The summed E-state index contributed by atoms with van der Waals surface area (Å²) in [6.45, 7) is 2.20. The Morgan fingerprint density at radius 2 is 1.77 bits per heavy atom. The fraction of sp³-hybridized carbons (Fsp3) is 0.500. The molecule has 6 N–H and O–H groups in total. The molecule has 2 aromatic carbocycles. The zero-order chi connectivity index (χ0) is 21.7. The van der Waals surface area contributed by atoms with Gasteiger partial charge in [0, 0.05) is 11.5 Å². The first-order chi connectivity index (χ1) is 14.4. The Morgan fingerprint density at radius 1 is 1.00 bits per heavy atom. The molecule has 0 saturated carbocycles. The molecule has 2 atom stereocenters. The second kappa shape index (κ2) is 9.84. The van der Waals surface area contributed by atoms with Crippen molar-refractivity contribution in [2.24, 2.45) is 5.73 Å². The molecular formula is C24H33NO4S. The van der Waals surface area contributed by atoms with Gasteiger partial charge in [-0.25, -0.2) is 0 Å². The second-order valence-electron chi connectivity index (χ2n) is 8.28. The van der Waals surface area contributed by atoms with Crippen LogP contribution in [0.15, 0.2) is 30.3 Å². The van der Waals surface area contributed by atoms with Crippen LogP contribution in [0.1, 0.15) is 68.1 Å². The molecule has 2 unspecified atom stereocenters. The van der Waals surface area contributed by atoms with Crippen molar-refractivity contribution in [3.05, 3.63) is 47.0 Å². The highest BCUT2D eigenvalue weighted by Gasteiger charge is 2.41. The number of aromatic hydroxyl groups is 4. The van der Waals surface area contributed by atoms with Crippen molar-refractivity contribution < 1.29 is 20.4 Å². The minimum absolute atomic E-state index is 0.00215. The SMILES string of the molecule is CCCCCCC1c2ccc(O)c(O)c2CCC1(N)SCCc1ccc(O)c(O)c1. The van der Waals surface area contributed by atoms with E-state index in [-0.39, 0.29) is 28.9 Å². The summed E-state index contributed by atoms with van der Waals surface area (Å²) in [5, 5.41) is 39.5. The van der Waals surface area contributed by atoms with Crippen molar-refractivity contribution in [1.82, 2.24) is 0 Å². The maximum atomic E-state index is 10.4. The van der Waals surface area contributed by atoms with Crippen molar-refractivity contribution >= 4 is 11.8 Å². The summed E-state index contributed by atoms with van der Waals surface area (Å²) in [6.07, 6.45) is 7.72. The lowest BCUT2D eigenvalue weighted by Gasteiger charge is -2.42. The highest BCUT2D eigenvalue weighted by molar-refractivity contribution is 8.00. The van der Waals surface area contributed by atoms with E-state index in [0.717, 1.165) is 48.1 Å². The summed E-state index contributed by atoms with van der Waals surface area (Å²) in [6, 6.07) is 8.42. The number of thioether (sulfide) groups is 1. The number of benzene rings is 2. The quantitative estimate of drug-likeness (QED) is 0.214. The highest BCUT2D eigenvalue weighted by Crippen LogP contribution is 2.50. The zero-order valence-electron chi connectivity index (χ0n) is 17.6.